The highest BCUT2D eigenvalue weighted by molar-refractivity contribution is 5.88. The van der Waals surface area contributed by atoms with Crippen LogP contribution in [0.1, 0.15) is 59.8 Å². The van der Waals surface area contributed by atoms with Gasteiger partial charge in [-0.2, -0.15) is 0 Å². The fraction of sp³-hybridized carbons (Fsp3) is 0.941. The largest absolute Gasteiger partial charge is 0.322 e. The molecule has 1 amide bonds. The maximum atomic E-state index is 13.0. The van der Waals surface area contributed by atoms with E-state index < -0.39 is 0 Å². The minimum Gasteiger partial charge on any atom is -0.322 e. The smallest absolute Gasteiger partial charge is 0.244 e. The lowest BCUT2D eigenvalue weighted by molar-refractivity contribution is -0.137. The van der Waals surface area contributed by atoms with Gasteiger partial charge in [0.15, 0.2) is 0 Å². The van der Waals surface area contributed by atoms with E-state index in [-0.39, 0.29) is 11.7 Å². The number of carbonyl (C=O) groups is 1. The highest BCUT2D eigenvalue weighted by atomic mass is 16.2. The molecule has 4 heteroatoms. The zero-order chi connectivity index (χ0) is 15.2. The number of fused-ring (bicyclic) bond motifs is 1. The first kappa shape index (κ1) is 15.3. The molecule has 3 aliphatic rings. The predicted molar refractivity (Wildman–Crippen MR) is 84.9 cm³/mol. The Balaban J connectivity index is 1.80. The zero-order valence-corrected chi connectivity index (χ0v) is 14.1. The molecule has 0 radical (unpaired) electrons. The van der Waals surface area contributed by atoms with Crippen LogP contribution in [0.2, 0.25) is 0 Å². The molecule has 1 N–H and O–H groups in total. The van der Waals surface area contributed by atoms with E-state index >= 15 is 0 Å². The second-order valence-corrected chi connectivity index (χ2v) is 7.74. The summed E-state index contributed by atoms with van der Waals surface area (Å²) in [5, 5.41) is 3.64. The van der Waals surface area contributed by atoms with E-state index in [1.54, 1.807) is 0 Å². The van der Waals surface area contributed by atoms with Crippen molar-refractivity contribution in [2.24, 2.45) is 5.92 Å². The summed E-state index contributed by atoms with van der Waals surface area (Å²) in [5.41, 5.74) is -0.359. The molecule has 3 aliphatic heterocycles. The van der Waals surface area contributed by atoms with E-state index in [0.717, 1.165) is 18.9 Å². The molecule has 4 atom stereocenters. The second kappa shape index (κ2) is 5.54. The Labute approximate surface area is 129 Å². The summed E-state index contributed by atoms with van der Waals surface area (Å²) in [7, 11) is 0. The van der Waals surface area contributed by atoms with Crippen LogP contribution in [-0.4, -0.2) is 52.6 Å². The fourth-order valence-electron chi connectivity index (χ4n) is 4.46. The van der Waals surface area contributed by atoms with Crippen molar-refractivity contribution in [3.63, 3.8) is 0 Å². The molecule has 120 valence electrons. The number of rotatable bonds is 3. The van der Waals surface area contributed by atoms with Crippen LogP contribution in [0, 0.1) is 5.92 Å². The molecular weight excluding hydrogens is 262 g/mol. The van der Waals surface area contributed by atoms with Crippen LogP contribution in [0.15, 0.2) is 0 Å². The van der Waals surface area contributed by atoms with Crippen molar-refractivity contribution in [1.82, 2.24) is 15.1 Å². The summed E-state index contributed by atoms with van der Waals surface area (Å²) in [4.78, 5) is 17.9. The summed E-state index contributed by atoms with van der Waals surface area (Å²) in [6.07, 6.45) is 6.06. The zero-order valence-electron chi connectivity index (χ0n) is 14.1. The number of carbonyl (C=O) groups excluding carboxylic acids is 1. The second-order valence-electron chi connectivity index (χ2n) is 7.74. The maximum Gasteiger partial charge on any atom is 0.244 e. The van der Waals surface area contributed by atoms with Gasteiger partial charge < -0.3 is 9.80 Å². The van der Waals surface area contributed by atoms with Gasteiger partial charge in [-0.25, -0.2) is 0 Å². The van der Waals surface area contributed by atoms with E-state index in [0.29, 0.717) is 17.9 Å². The van der Waals surface area contributed by atoms with Crippen LogP contribution in [0.5, 0.6) is 0 Å². The van der Waals surface area contributed by atoms with Crippen LogP contribution >= 0.6 is 0 Å². The molecule has 0 bridgehead atoms. The van der Waals surface area contributed by atoms with Crippen molar-refractivity contribution in [3.8, 4) is 0 Å². The van der Waals surface area contributed by atoms with Crippen LogP contribution < -0.4 is 5.32 Å². The van der Waals surface area contributed by atoms with E-state index in [4.69, 9.17) is 0 Å². The lowest BCUT2D eigenvalue weighted by atomic mass is 9.93. The van der Waals surface area contributed by atoms with E-state index in [1.807, 2.05) is 0 Å². The molecule has 4 nitrogen and oxygen atoms in total. The van der Waals surface area contributed by atoms with Gasteiger partial charge in [0.2, 0.25) is 5.91 Å². The molecule has 0 spiro atoms. The molecule has 3 saturated heterocycles. The van der Waals surface area contributed by atoms with Gasteiger partial charge in [-0.1, -0.05) is 20.8 Å². The third kappa shape index (κ3) is 2.50. The SMILES string of the molecule is CCC1(C)NC(C(C)C)N(C2CCN3CCCC3C2)C1=O. The summed E-state index contributed by atoms with van der Waals surface area (Å²) in [6, 6.07) is 1.16. The first-order valence-electron chi connectivity index (χ1n) is 8.81. The van der Waals surface area contributed by atoms with Crippen molar-refractivity contribution in [2.75, 3.05) is 13.1 Å². The Morgan fingerprint density at radius 2 is 2.05 bits per heavy atom. The number of hydrogen-bond donors (Lipinski definition) is 1. The number of piperidine rings is 1. The standard InChI is InChI=1S/C17H31N3O/c1-5-17(4)16(21)20(15(18-17)12(2)3)14-8-10-19-9-6-7-13(19)11-14/h12-15,18H,5-11H2,1-4H3. The molecule has 0 saturated carbocycles. The molecule has 0 aromatic heterocycles. The van der Waals surface area contributed by atoms with Crippen molar-refractivity contribution in [1.29, 1.82) is 0 Å². The van der Waals surface area contributed by atoms with Gasteiger partial charge in [-0.3, -0.25) is 10.1 Å². The first-order chi connectivity index (χ1) is 9.96. The van der Waals surface area contributed by atoms with Crippen LogP contribution in [0.3, 0.4) is 0 Å². The molecular formula is C17H31N3O. The van der Waals surface area contributed by atoms with Crippen LogP contribution in [0.4, 0.5) is 0 Å². The Morgan fingerprint density at radius 1 is 1.29 bits per heavy atom. The fourth-order valence-corrected chi connectivity index (χ4v) is 4.46. The van der Waals surface area contributed by atoms with Crippen molar-refractivity contribution < 1.29 is 4.79 Å². The summed E-state index contributed by atoms with van der Waals surface area (Å²) in [6.45, 7) is 11.1. The molecule has 0 aliphatic carbocycles. The van der Waals surface area contributed by atoms with E-state index in [9.17, 15) is 4.79 Å². The Bertz CT molecular complexity index is 411. The van der Waals surface area contributed by atoms with Gasteiger partial charge in [-0.15, -0.1) is 0 Å². The average molecular weight is 293 g/mol. The summed E-state index contributed by atoms with van der Waals surface area (Å²) in [5.74, 6) is 0.795. The highest BCUT2D eigenvalue weighted by Gasteiger charge is 2.51. The summed E-state index contributed by atoms with van der Waals surface area (Å²) >= 11 is 0. The van der Waals surface area contributed by atoms with Gasteiger partial charge >= 0.3 is 0 Å². The molecule has 3 fully saturated rings. The quantitative estimate of drug-likeness (QED) is 0.866. The number of hydrogen-bond acceptors (Lipinski definition) is 3. The normalized spacial score (nSPS) is 41.1. The summed E-state index contributed by atoms with van der Waals surface area (Å²) < 4.78 is 0. The van der Waals surface area contributed by atoms with Gasteiger partial charge in [-0.05, 0) is 51.5 Å². The van der Waals surface area contributed by atoms with Gasteiger partial charge in [0.05, 0.1) is 11.7 Å². The highest BCUT2D eigenvalue weighted by Crippen LogP contribution is 2.35. The number of nitrogens with one attached hydrogen (secondary N) is 1. The van der Waals surface area contributed by atoms with E-state index in [2.05, 4.69) is 42.8 Å². The molecule has 3 heterocycles. The monoisotopic (exact) mass is 293 g/mol. The molecule has 0 aromatic carbocycles. The Kier molecular flexibility index (Phi) is 4.04. The molecule has 4 unspecified atom stereocenters. The van der Waals surface area contributed by atoms with Crippen LogP contribution in [0.25, 0.3) is 0 Å². The average Bonchev–Trinajstić information content (AvgIpc) is 3.02. The number of amides is 1. The lowest BCUT2D eigenvalue weighted by Crippen LogP contribution is -2.53. The maximum absolute atomic E-state index is 13.0. The van der Waals surface area contributed by atoms with Gasteiger partial charge in [0.25, 0.3) is 0 Å². The topological polar surface area (TPSA) is 35.6 Å². The lowest BCUT2D eigenvalue weighted by Gasteiger charge is -2.42. The van der Waals surface area contributed by atoms with Crippen molar-refractivity contribution in [3.05, 3.63) is 0 Å². The third-order valence-electron chi connectivity index (χ3n) is 6.00. The molecule has 21 heavy (non-hydrogen) atoms. The van der Waals surface area contributed by atoms with Gasteiger partial charge in [0, 0.05) is 18.6 Å². The van der Waals surface area contributed by atoms with Crippen molar-refractivity contribution >= 4 is 5.91 Å². The Hall–Kier alpha value is -0.610. The third-order valence-corrected chi connectivity index (χ3v) is 6.00. The molecule has 3 rings (SSSR count). The minimum atomic E-state index is -0.359. The molecule has 0 aromatic rings. The van der Waals surface area contributed by atoms with Crippen LogP contribution in [-0.2, 0) is 4.79 Å². The van der Waals surface area contributed by atoms with Crippen molar-refractivity contribution in [2.45, 2.75) is 83.6 Å². The predicted octanol–water partition coefficient (Wildman–Crippen LogP) is 2.20. The van der Waals surface area contributed by atoms with Gasteiger partial charge in [0.1, 0.15) is 0 Å². The number of nitrogens with zero attached hydrogens (tertiary/aromatic N) is 2. The Morgan fingerprint density at radius 3 is 2.71 bits per heavy atom. The minimum absolute atomic E-state index is 0.209. The van der Waals surface area contributed by atoms with E-state index in [1.165, 1.54) is 32.4 Å². The first-order valence-corrected chi connectivity index (χ1v) is 8.81.